The molecule has 1 fully saturated rings. The molecule has 0 saturated carbocycles. The van der Waals surface area contributed by atoms with Crippen LogP contribution in [0.3, 0.4) is 0 Å². The molecule has 1 heterocycles. The van der Waals surface area contributed by atoms with Crippen molar-refractivity contribution < 1.29 is 23.1 Å². The van der Waals surface area contributed by atoms with Crippen molar-refractivity contribution in [2.75, 3.05) is 26.2 Å². The highest BCUT2D eigenvalue weighted by molar-refractivity contribution is 5.94. The minimum atomic E-state index is -4.26. The lowest BCUT2D eigenvalue weighted by molar-refractivity contribution is -0.132. The van der Waals surface area contributed by atoms with Crippen molar-refractivity contribution in [3.8, 4) is 0 Å². The van der Waals surface area contributed by atoms with Gasteiger partial charge < -0.3 is 10.4 Å². The minimum absolute atomic E-state index is 0.242. The molecule has 0 atom stereocenters. The molecule has 0 aliphatic carbocycles. The van der Waals surface area contributed by atoms with Crippen LogP contribution in [0, 0.1) is 5.92 Å². The van der Waals surface area contributed by atoms with Crippen LogP contribution in [0.25, 0.3) is 0 Å². The lowest BCUT2D eigenvalue weighted by Gasteiger charge is -2.31. The first-order valence-electron chi connectivity index (χ1n) is 8.14. The number of amides is 1. The van der Waals surface area contributed by atoms with E-state index in [-0.39, 0.29) is 6.61 Å². The van der Waals surface area contributed by atoms with Gasteiger partial charge in [0.1, 0.15) is 0 Å². The number of hydrogen-bond acceptors (Lipinski definition) is 3. The summed E-state index contributed by atoms with van der Waals surface area (Å²) in [6.45, 7) is 2.47. The minimum Gasteiger partial charge on any atom is -0.396 e. The summed E-state index contributed by atoms with van der Waals surface area (Å²) in [4.78, 5) is 14.1. The fourth-order valence-corrected chi connectivity index (χ4v) is 2.77. The largest absolute Gasteiger partial charge is 0.396 e. The molecule has 4 nitrogen and oxygen atoms in total. The van der Waals surface area contributed by atoms with Gasteiger partial charge in [-0.05, 0) is 49.5 Å². The third-order valence-electron chi connectivity index (χ3n) is 4.28. The summed E-state index contributed by atoms with van der Waals surface area (Å²) in [5, 5.41) is 11.4. The smallest absolute Gasteiger partial charge is 0.390 e. The van der Waals surface area contributed by atoms with Crippen molar-refractivity contribution in [3.63, 3.8) is 0 Å². The number of benzene rings is 1. The Kier molecular flexibility index (Phi) is 6.62. The van der Waals surface area contributed by atoms with Gasteiger partial charge in [-0.25, -0.2) is 0 Å². The Morgan fingerprint density at radius 3 is 2.38 bits per heavy atom. The first kappa shape index (κ1) is 18.7. The second-order valence-corrected chi connectivity index (χ2v) is 6.22. The Balaban J connectivity index is 1.79. The fraction of sp³-hybridized carbons (Fsp3) is 0.588. The van der Waals surface area contributed by atoms with Crippen LogP contribution in [-0.4, -0.2) is 48.3 Å². The van der Waals surface area contributed by atoms with E-state index in [4.69, 9.17) is 5.11 Å². The van der Waals surface area contributed by atoms with Crippen molar-refractivity contribution in [3.05, 3.63) is 35.4 Å². The van der Waals surface area contributed by atoms with E-state index in [1.165, 1.54) is 0 Å². The van der Waals surface area contributed by atoms with Gasteiger partial charge in [0, 0.05) is 25.3 Å². The van der Waals surface area contributed by atoms with E-state index in [0.717, 1.165) is 38.0 Å². The van der Waals surface area contributed by atoms with Gasteiger partial charge in [0.05, 0.1) is 6.42 Å². The molecule has 2 N–H and O–H groups in total. The summed E-state index contributed by atoms with van der Waals surface area (Å²) in [5.74, 6) is -0.0985. The molecular formula is C17H23F3N2O2. The molecule has 0 unspecified atom stereocenters. The van der Waals surface area contributed by atoms with Crippen LogP contribution in [0.2, 0.25) is 0 Å². The normalized spacial score (nSPS) is 17.0. The third-order valence-corrected chi connectivity index (χ3v) is 4.28. The van der Waals surface area contributed by atoms with Crippen molar-refractivity contribution >= 4 is 5.91 Å². The first-order valence-corrected chi connectivity index (χ1v) is 8.14. The van der Waals surface area contributed by atoms with Crippen LogP contribution in [0.1, 0.15) is 35.2 Å². The molecule has 1 aliphatic rings. The van der Waals surface area contributed by atoms with Crippen LogP contribution in [0.15, 0.2) is 24.3 Å². The Morgan fingerprint density at radius 2 is 1.83 bits per heavy atom. The molecule has 0 spiro atoms. The zero-order chi connectivity index (χ0) is 17.6. The van der Waals surface area contributed by atoms with E-state index in [2.05, 4.69) is 10.2 Å². The Morgan fingerprint density at radius 1 is 1.21 bits per heavy atom. The summed E-state index contributed by atoms with van der Waals surface area (Å²) in [6.07, 6.45) is -3.33. The summed E-state index contributed by atoms with van der Waals surface area (Å²) in [6, 6.07) is 6.94. The van der Waals surface area contributed by atoms with E-state index in [0.29, 0.717) is 11.5 Å². The molecule has 2 rings (SSSR count). The number of halogens is 3. The topological polar surface area (TPSA) is 52.6 Å². The summed E-state index contributed by atoms with van der Waals surface area (Å²) < 4.78 is 36.2. The predicted octanol–water partition coefficient (Wildman–Crippen LogP) is 2.57. The molecule has 134 valence electrons. The molecule has 1 aromatic rings. The van der Waals surface area contributed by atoms with E-state index in [9.17, 15) is 18.0 Å². The van der Waals surface area contributed by atoms with Crippen molar-refractivity contribution in [1.82, 2.24) is 10.2 Å². The zero-order valence-corrected chi connectivity index (χ0v) is 13.5. The number of rotatable bonds is 6. The molecule has 0 bridgehead atoms. The molecule has 7 heteroatoms. The summed E-state index contributed by atoms with van der Waals surface area (Å²) >= 11 is 0. The maximum Gasteiger partial charge on any atom is 0.390 e. The van der Waals surface area contributed by atoms with Crippen LogP contribution in [0.5, 0.6) is 0 Å². The zero-order valence-electron chi connectivity index (χ0n) is 13.5. The number of carbonyl (C=O) groups is 1. The number of piperidine rings is 1. The first-order chi connectivity index (χ1) is 11.4. The van der Waals surface area contributed by atoms with Gasteiger partial charge in [0.25, 0.3) is 5.91 Å². The van der Waals surface area contributed by atoms with Gasteiger partial charge in [-0.15, -0.1) is 0 Å². The highest BCUT2D eigenvalue weighted by Gasteiger charge is 2.26. The van der Waals surface area contributed by atoms with E-state index in [1.807, 2.05) is 12.1 Å². The van der Waals surface area contributed by atoms with Gasteiger partial charge in [-0.1, -0.05) is 12.1 Å². The lowest BCUT2D eigenvalue weighted by atomic mass is 9.97. The molecule has 0 aromatic heterocycles. The predicted molar refractivity (Wildman–Crippen MR) is 84.5 cm³/mol. The maximum absolute atomic E-state index is 12.1. The molecule has 1 aliphatic heterocycles. The van der Waals surface area contributed by atoms with E-state index < -0.39 is 25.0 Å². The van der Waals surface area contributed by atoms with Crippen molar-refractivity contribution in [2.45, 2.75) is 32.0 Å². The number of nitrogens with one attached hydrogen (secondary N) is 1. The summed E-state index contributed by atoms with van der Waals surface area (Å²) in [7, 11) is 0. The fourth-order valence-electron chi connectivity index (χ4n) is 2.77. The molecule has 1 saturated heterocycles. The molecule has 0 radical (unpaired) electrons. The highest BCUT2D eigenvalue weighted by Crippen LogP contribution is 2.19. The van der Waals surface area contributed by atoms with Gasteiger partial charge in [-0.2, -0.15) is 13.2 Å². The lowest BCUT2D eigenvalue weighted by Crippen LogP contribution is -2.34. The number of nitrogens with zero attached hydrogens (tertiary/aromatic N) is 1. The average molecular weight is 344 g/mol. The second kappa shape index (κ2) is 8.48. The van der Waals surface area contributed by atoms with Crippen LogP contribution < -0.4 is 5.32 Å². The second-order valence-electron chi connectivity index (χ2n) is 6.22. The highest BCUT2D eigenvalue weighted by atomic mass is 19.4. The molecule has 1 amide bonds. The number of alkyl halides is 3. The monoisotopic (exact) mass is 344 g/mol. The Hall–Kier alpha value is -1.60. The number of aliphatic hydroxyl groups is 1. The molecule has 1 aromatic carbocycles. The van der Waals surface area contributed by atoms with Crippen LogP contribution in [0.4, 0.5) is 13.2 Å². The number of carbonyl (C=O) groups excluding carboxylic acids is 1. The SMILES string of the molecule is O=C(NCCC(F)(F)F)c1ccc(CN2CCC(CO)CC2)cc1. The standard InChI is InChI=1S/C17H23F3N2O2/c18-17(19,20)7-8-21-16(24)15-3-1-13(2-4-15)11-22-9-5-14(12-23)6-10-22/h1-4,14,23H,5-12H2,(H,21,24). The quantitative estimate of drug-likeness (QED) is 0.834. The van der Waals surface area contributed by atoms with Gasteiger partial charge in [0.15, 0.2) is 0 Å². The van der Waals surface area contributed by atoms with Gasteiger partial charge in [0.2, 0.25) is 0 Å². The third kappa shape index (κ3) is 6.13. The average Bonchev–Trinajstić information content (AvgIpc) is 2.55. The number of aliphatic hydroxyl groups excluding tert-OH is 1. The van der Waals surface area contributed by atoms with E-state index >= 15 is 0 Å². The Bertz CT molecular complexity index is 524. The number of hydrogen-bond donors (Lipinski definition) is 2. The van der Waals surface area contributed by atoms with Gasteiger partial charge in [-0.3, -0.25) is 9.69 Å². The van der Waals surface area contributed by atoms with Gasteiger partial charge >= 0.3 is 6.18 Å². The summed E-state index contributed by atoms with van der Waals surface area (Å²) in [5.41, 5.74) is 1.42. The Labute approximate surface area is 139 Å². The van der Waals surface area contributed by atoms with Crippen LogP contribution >= 0.6 is 0 Å². The van der Waals surface area contributed by atoms with E-state index in [1.54, 1.807) is 12.1 Å². The van der Waals surface area contributed by atoms with Crippen LogP contribution in [-0.2, 0) is 6.54 Å². The molecular weight excluding hydrogens is 321 g/mol. The van der Waals surface area contributed by atoms with Crippen molar-refractivity contribution in [1.29, 1.82) is 0 Å². The van der Waals surface area contributed by atoms with Crippen molar-refractivity contribution in [2.24, 2.45) is 5.92 Å². The molecule has 24 heavy (non-hydrogen) atoms. The number of likely N-dealkylation sites (tertiary alicyclic amines) is 1. The maximum atomic E-state index is 12.1.